The van der Waals surface area contributed by atoms with Crippen molar-refractivity contribution in [3.05, 3.63) is 0 Å². The summed E-state index contributed by atoms with van der Waals surface area (Å²) < 4.78 is 0. The van der Waals surface area contributed by atoms with Crippen molar-refractivity contribution in [2.75, 3.05) is 32.7 Å². The van der Waals surface area contributed by atoms with Crippen LogP contribution in [-0.2, 0) is 9.59 Å². The molecule has 0 aromatic heterocycles. The highest BCUT2D eigenvalue weighted by atomic mass is 16.4. The summed E-state index contributed by atoms with van der Waals surface area (Å²) in [6.45, 7) is 13.5. The first kappa shape index (κ1) is 19.9. The van der Waals surface area contributed by atoms with E-state index in [-0.39, 0.29) is 11.8 Å². The highest BCUT2D eigenvalue weighted by Crippen LogP contribution is 2.14. The Balaban J connectivity index is 4.82. The lowest BCUT2D eigenvalue weighted by molar-refractivity contribution is -0.144. The highest BCUT2D eigenvalue weighted by molar-refractivity contribution is 5.79. The first-order valence-corrected chi connectivity index (χ1v) is 8.14. The SMILES string of the molecule is CCC(CC)C(=O)N(CCN(CC)CC)CC(C)C(=O)O. The molecule has 0 heterocycles. The summed E-state index contributed by atoms with van der Waals surface area (Å²) in [4.78, 5) is 27.6. The second-order valence-electron chi connectivity index (χ2n) is 5.56. The minimum Gasteiger partial charge on any atom is -0.481 e. The minimum absolute atomic E-state index is 0.00250. The van der Waals surface area contributed by atoms with Gasteiger partial charge in [-0.15, -0.1) is 0 Å². The Labute approximate surface area is 129 Å². The van der Waals surface area contributed by atoms with Crippen LogP contribution in [0, 0.1) is 11.8 Å². The Kier molecular flexibility index (Phi) is 10.0. The number of carbonyl (C=O) groups excluding carboxylic acids is 1. The van der Waals surface area contributed by atoms with E-state index in [1.54, 1.807) is 11.8 Å². The number of nitrogens with zero attached hydrogens (tertiary/aromatic N) is 2. The normalized spacial score (nSPS) is 12.7. The van der Waals surface area contributed by atoms with Gasteiger partial charge in [-0.2, -0.15) is 0 Å². The molecule has 21 heavy (non-hydrogen) atoms. The molecule has 0 fully saturated rings. The molecule has 5 heteroatoms. The van der Waals surface area contributed by atoms with Crippen LogP contribution in [0.3, 0.4) is 0 Å². The molecule has 0 aliphatic rings. The fourth-order valence-corrected chi connectivity index (χ4v) is 2.40. The van der Waals surface area contributed by atoms with Crippen LogP contribution in [0.25, 0.3) is 0 Å². The molecule has 0 saturated carbocycles. The average molecular weight is 300 g/mol. The van der Waals surface area contributed by atoms with E-state index in [4.69, 9.17) is 5.11 Å². The number of hydrogen-bond donors (Lipinski definition) is 1. The maximum Gasteiger partial charge on any atom is 0.308 e. The monoisotopic (exact) mass is 300 g/mol. The summed E-state index contributed by atoms with van der Waals surface area (Å²) in [7, 11) is 0. The van der Waals surface area contributed by atoms with Crippen LogP contribution >= 0.6 is 0 Å². The van der Waals surface area contributed by atoms with Gasteiger partial charge < -0.3 is 14.9 Å². The van der Waals surface area contributed by atoms with Gasteiger partial charge in [-0.25, -0.2) is 0 Å². The first-order valence-electron chi connectivity index (χ1n) is 8.14. The van der Waals surface area contributed by atoms with Gasteiger partial charge in [-0.1, -0.05) is 34.6 Å². The van der Waals surface area contributed by atoms with E-state index < -0.39 is 11.9 Å². The molecule has 0 spiro atoms. The quantitative estimate of drug-likeness (QED) is 0.636. The number of likely N-dealkylation sites (N-methyl/N-ethyl adjacent to an activating group) is 1. The molecular formula is C16H32N2O3. The molecule has 0 bridgehead atoms. The van der Waals surface area contributed by atoms with Crippen LogP contribution in [0.2, 0.25) is 0 Å². The van der Waals surface area contributed by atoms with Crippen LogP contribution in [-0.4, -0.2) is 59.5 Å². The molecule has 0 aliphatic carbocycles. The summed E-state index contributed by atoms with van der Waals surface area (Å²) in [5.41, 5.74) is 0. The summed E-state index contributed by atoms with van der Waals surface area (Å²) in [5.74, 6) is -1.27. The third-order valence-electron chi connectivity index (χ3n) is 4.14. The maximum absolute atomic E-state index is 12.6. The van der Waals surface area contributed by atoms with E-state index in [0.717, 1.165) is 32.5 Å². The fraction of sp³-hybridized carbons (Fsp3) is 0.875. The van der Waals surface area contributed by atoms with Gasteiger partial charge in [0, 0.05) is 25.6 Å². The van der Waals surface area contributed by atoms with Crippen molar-refractivity contribution in [2.45, 2.75) is 47.5 Å². The van der Waals surface area contributed by atoms with E-state index in [2.05, 4.69) is 18.7 Å². The Hall–Kier alpha value is -1.10. The molecule has 0 saturated heterocycles. The van der Waals surface area contributed by atoms with Crippen LogP contribution in [0.4, 0.5) is 0 Å². The van der Waals surface area contributed by atoms with E-state index in [9.17, 15) is 9.59 Å². The van der Waals surface area contributed by atoms with Crippen LogP contribution < -0.4 is 0 Å². The maximum atomic E-state index is 12.6. The molecule has 1 N–H and O–H groups in total. The lowest BCUT2D eigenvalue weighted by Gasteiger charge is -2.30. The Morgan fingerprint density at radius 1 is 1.00 bits per heavy atom. The number of hydrogen-bond acceptors (Lipinski definition) is 3. The summed E-state index contributed by atoms with van der Waals surface area (Å²) in [6, 6.07) is 0. The number of amides is 1. The van der Waals surface area contributed by atoms with E-state index >= 15 is 0 Å². The molecule has 0 radical (unpaired) electrons. The minimum atomic E-state index is -0.847. The predicted octanol–water partition coefficient (Wildman–Crippen LogP) is 2.31. The lowest BCUT2D eigenvalue weighted by Crippen LogP contribution is -2.44. The van der Waals surface area contributed by atoms with E-state index in [0.29, 0.717) is 13.1 Å². The molecule has 0 aromatic carbocycles. The molecule has 1 atom stereocenters. The van der Waals surface area contributed by atoms with Gasteiger partial charge in [0.2, 0.25) is 5.91 Å². The Morgan fingerprint density at radius 3 is 1.90 bits per heavy atom. The molecule has 0 aliphatic heterocycles. The van der Waals surface area contributed by atoms with Gasteiger partial charge in [-0.3, -0.25) is 9.59 Å². The summed E-state index contributed by atoms with van der Waals surface area (Å²) >= 11 is 0. The predicted molar refractivity (Wildman–Crippen MR) is 85.2 cm³/mol. The second-order valence-corrected chi connectivity index (χ2v) is 5.56. The first-order chi connectivity index (χ1) is 9.90. The van der Waals surface area contributed by atoms with Crippen LogP contribution in [0.1, 0.15) is 47.5 Å². The zero-order valence-electron chi connectivity index (χ0n) is 14.3. The van der Waals surface area contributed by atoms with E-state index in [1.165, 1.54) is 0 Å². The van der Waals surface area contributed by atoms with Gasteiger partial charge in [0.25, 0.3) is 0 Å². The van der Waals surface area contributed by atoms with Crippen molar-refractivity contribution in [3.63, 3.8) is 0 Å². The van der Waals surface area contributed by atoms with Gasteiger partial charge in [0.05, 0.1) is 5.92 Å². The molecule has 1 unspecified atom stereocenters. The lowest BCUT2D eigenvalue weighted by atomic mass is 10.0. The Bertz CT molecular complexity index is 313. The number of carbonyl (C=O) groups is 2. The standard InChI is InChI=1S/C16H32N2O3/c1-6-14(7-2)15(19)18(12-13(5)16(20)21)11-10-17(8-3)9-4/h13-14H,6-12H2,1-5H3,(H,20,21). The average Bonchev–Trinajstić information content (AvgIpc) is 2.47. The highest BCUT2D eigenvalue weighted by Gasteiger charge is 2.25. The fourth-order valence-electron chi connectivity index (χ4n) is 2.40. The van der Waals surface area contributed by atoms with Crippen LogP contribution in [0.15, 0.2) is 0 Å². The van der Waals surface area contributed by atoms with Crippen LogP contribution in [0.5, 0.6) is 0 Å². The molecule has 0 rings (SSSR count). The third kappa shape index (κ3) is 6.93. The molecule has 5 nitrogen and oxygen atoms in total. The molecule has 0 aromatic rings. The summed E-state index contributed by atoms with van der Waals surface area (Å²) in [5, 5.41) is 9.09. The van der Waals surface area contributed by atoms with Crippen molar-refractivity contribution in [3.8, 4) is 0 Å². The smallest absolute Gasteiger partial charge is 0.308 e. The zero-order chi connectivity index (χ0) is 16.4. The summed E-state index contributed by atoms with van der Waals surface area (Å²) in [6.07, 6.45) is 1.61. The molecule has 124 valence electrons. The van der Waals surface area contributed by atoms with Crippen molar-refractivity contribution >= 4 is 11.9 Å². The van der Waals surface area contributed by atoms with Crippen molar-refractivity contribution < 1.29 is 14.7 Å². The third-order valence-corrected chi connectivity index (χ3v) is 4.14. The number of aliphatic carboxylic acids is 1. The molecular weight excluding hydrogens is 268 g/mol. The largest absolute Gasteiger partial charge is 0.481 e. The van der Waals surface area contributed by atoms with Crippen molar-refractivity contribution in [1.29, 1.82) is 0 Å². The van der Waals surface area contributed by atoms with Gasteiger partial charge >= 0.3 is 5.97 Å². The number of carboxylic acids is 1. The number of rotatable bonds is 11. The Morgan fingerprint density at radius 2 is 1.52 bits per heavy atom. The van der Waals surface area contributed by atoms with Crippen molar-refractivity contribution in [1.82, 2.24) is 9.80 Å². The topological polar surface area (TPSA) is 60.9 Å². The van der Waals surface area contributed by atoms with Gasteiger partial charge in [-0.05, 0) is 25.9 Å². The van der Waals surface area contributed by atoms with E-state index in [1.807, 2.05) is 13.8 Å². The zero-order valence-corrected chi connectivity index (χ0v) is 14.3. The molecule has 1 amide bonds. The van der Waals surface area contributed by atoms with Crippen molar-refractivity contribution in [2.24, 2.45) is 11.8 Å². The number of carboxylic acid groups (broad SMARTS) is 1. The second kappa shape index (κ2) is 10.6. The van der Waals surface area contributed by atoms with Gasteiger partial charge in [0.1, 0.15) is 0 Å². The van der Waals surface area contributed by atoms with Gasteiger partial charge in [0.15, 0.2) is 0 Å².